The van der Waals surface area contributed by atoms with Crippen molar-refractivity contribution >= 4 is 5.91 Å². The molecule has 21 heavy (non-hydrogen) atoms. The maximum Gasteiger partial charge on any atom is 0.225 e. The van der Waals surface area contributed by atoms with Crippen LogP contribution in [-0.4, -0.2) is 31.0 Å². The molecule has 0 spiro atoms. The third kappa shape index (κ3) is 4.81. The normalized spacial score (nSPS) is 9.57. The zero-order valence-electron chi connectivity index (χ0n) is 12.6. The summed E-state index contributed by atoms with van der Waals surface area (Å²) in [4.78, 5) is 13.3. The average molecular weight is 285 g/mol. The van der Waals surface area contributed by atoms with Crippen molar-refractivity contribution in [2.45, 2.75) is 26.7 Å². The fraction of sp³-hybridized carbons (Fsp3) is 0.438. The van der Waals surface area contributed by atoms with E-state index < -0.39 is 0 Å². The number of amides is 1. The summed E-state index contributed by atoms with van der Waals surface area (Å²) >= 11 is 0. The summed E-state index contributed by atoms with van der Waals surface area (Å²) < 4.78 is 5.67. The number of nitriles is 2. The molecule has 0 aliphatic rings. The topological polar surface area (TPSA) is 77.1 Å². The van der Waals surface area contributed by atoms with E-state index in [0.717, 1.165) is 16.9 Å². The molecular weight excluding hydrogens is 266 g/mol. The monoisotopic (exact) mass is 285 g/mol. The van der Waals surface area contributed by atoms with E-state index in [0.29, 0.717) is 18.5 Å². The first kappa shape index (κ1) is 16.5. The van der Waals surface area contributed by atoms with Crippen LogP contribution in [0.4, 0.5) is 0 Å². The van der Waals surface area contributed by atoms with Crippen LogP contribution in [0.1, 0.15) is 29.5 Å². The molecule has 0 unspecified atom stereocenters. The number of benzene rings is 1. The largest absolute Gasteiger partial charge is 0.493 e. The van der Waals surface area contributed by atoms with Crippen LogP contribution in [0.5, 0.6) is 5.75 Å². The van der Waals surface area contributed by atoms with Gasteiger partial charge in [0.05, 0.1) is 37.2 Å². The van der Waals surface area contributed by atoms with Gasteiger partial charge in [-0.05, 0) is 37.1 Å². The van der Waals surface area contributed by atoms with Crippen molar-refractivity contribution in [1.29, 1.82) is 10.5 Å². The Hall–Kier alpha value is -2.53. The number of carbonyl (C=O) groups is 1. The predicted molar refractivity (Wildman–Crippen MR) is 78.6 cm³/mol. The summed E-state index contributed by atoms with van der Waals surface area (Å²) in [5.74, 6) is 0.677. The molecule has 110 valence electrons. The molecule has 0 fully saturated rings. The lowest BCUT2D eigenvalue weighted by atomic mass is 10.1. The van der Waals surface area contributed by atoms with Crippen molar-refractivity contribution in [2.75, 3.05) is 20.2 Å². The highest BCUT2D eigenvalue weighted by Crippen LogP contribution is 2.24. The first-order valence-electron chi connectivity index (χ1n) is 6.74. The Morgan fingerprint density at radius 1 is 1.29 bits per heavy atom. The molecule has 5 heteroatoms. The molecule has 0 saturated carbocycles. The van der Waals surface area contributed by atoms with Crippen molar-refractivity contribution in [3.8, 4) is 17.9 Å². The van der Waals surface area contributed by atoms with Crippen LogP contribution in [0.3, 0.4) is 0 Å². The maximum absolute atomic E-state index is 11.8. The van der Waals surface area contributed by atoms with Gasteiger partial charge in [0.25, 0.3) is 0 Å². The SMILES string of the molecule is Cc1cc(C#N)cc(C)c1OCCC(=O)N(C)CCC#N. The minimum Gasteiger partial charge on any atom is -0.493 e. The van der Waals surface area contributed by atoms with Crippen molar-refractivity contribution in [2.24, 2.45) is 0 Å². The summed E-state index contributed by atoms with van der Waals surface area (Å²) in [6, 6.07) is 7.65. The molecule has 1 rings (SSSR count). The van der Waals surface area contributed by atoms with Gasteiger partial charge in [-0.3, -0.25) is 4.79 Å². The van der Waals surface area contributed by atoms with Crippen LogP contribution < -0.4 is 4.74 Å². The van der Waals surface area contributed by atoms with E-state index in [-0.39, 0.29) is 18.9 Å². The summed E-state index contributed by atoms with van der Waals surface area (Å²) in [5, 5.41) is 17.4. The fourth-order valence-corrected chi connectivity index (χ4v) is 2.02. The standard InChI is InChI=1S/C16H19N3O2/c1-12-9-14(11-18)10-13(2)16(12)21-8-5-15(20)19(3)7-4-6-17/h9-10H,4-5,7-8H2,1-3H3. The van der Waals surface area contributed by atoms with Crippen LogP contribution in [-0.2, 0) is 4.79 Å². The molecule has 5 nitrogen and oxygen atoms in total. The van der Waals surface area contributed by atoms with Crippen molar-refractivity contribution < 1.29 is 9.53 Å². The molecule has 0 bridgehead atoms. The Morgan fingerprint density at radius 3 is 2.43 bits per heavy atom. The molecule has 0 aliphatic heterocycles. The molecule has 0 saturated heterocycles. The quantitative estimate of drug-likeness (QED) is 0.803. The second-order valence-electron chi connectivity index (χ2n) is 4.87. The third-order valence-corrected chi connectivity index (χ3v) is 3.14. The molecule has 0 heterocycles. The molecule has 0 atom stereocenters. The van der Waals surface area contributed by atoms with E-state index in [2.05, 4.69) is 6.07 Å². The molecule has 0 N–H and O–H groups in total. The van der Waals surface area contributed by atoms with Gasteiger partial charge in [-0.25, -0.2) is 0 Å². The van der Waals surface area contributed by atoms with Crippen LogP contribution in [0.25, 0.3) is 0 Å². The minimum absolute atomic E-state index is 0.0470. The molecule has 0 aromatic heterocycles. The Kier molecular flexibility index (Phi) is 6.23. The molecule has 1 aromatic rings. The number of hydrogen-bond donors (Lipinski definition) is 0. The second kappa shape index (κ2) is 7.91. The molecule has 1 amide bonds. The van der Waals surface area contributed by atoms with Crippen molar-refractivity contribution in [3.63, 3.8) is 0 Å². The van der Waals surface area contributed by atoms with Gasteiger partial charge in [0.15, 0.2) is 0 Å². The maximum atomic E-state index is 11.8. The Balaban J connectivity index is 2.56. The van der Waals surface area contributed by atoms with Crippen molar-refractivity contribution in [1.82, 2.24) is 4.90 Å². The highest BCUT2D eigenvalue weighted by atomic mass is 16.5. The van der Waals surface area contributed by atoms with Gasteiger partial charge in [0.2, 0.25) is 5.91 Å². The minimum atomic E-state index is -0.0470. The lowest BCUT2D eigenvalue weighted by Crippen LogP contribution is -2.28. The fourth-order valence-electron chi connectivity index (χ4n) is 2.02. The highest BCUT2D eigenvalue weighted by molar-refractivity contribution is 5.76. The van der Waals surface area contributed by atoms with Gasteiger partial charge >= 0.3 is 0 Å². The molecule has 0 radical (unpaired) electrons. The third-order valence-electron chi connectivity index (χ3n) is 3.14. The van der Waals surface area contributed by atoms with E-state index >= 15 is 0 Å². The van der Waals surface area contributed by atoms with E-state index in [1.807, 2.05) is 19.9 Å². The Morgan fingerprint density at radius 2 is 1.90 bits per heavy atom. The predicted octanol–water partition coefficient (Wildman–Crippen LogP) is 2.32. The van der Waals surface area contributed by atoms with Gasteiger partial charge < -0.3 is 9.64 Å². The van der Waals surface area contributed by atoms with Gasteiger partial charge in [-0.2, -0.15) is 10.5 Å². The lowest BCUT2D eigenvalue weighted by Gasteiger charge is -2.16. The molecule has 0 aliphatic carbocycles. The van der Waals surface area contributed by atoms with E-state index in [4.69, 9.17) is 15.3 Å². The van der Waals surface area contributed by atoms with Gasteiger partial charge in [-0.1, -0.05) is 0 Å². The highest BCUT2D eigenvalue weighted by Gasteiger charge is 2.10. The first-order valence-corrected chi connectivity index (χ1v) is 6.74. The Labute approximate surface area is 125 Å². The van der Waals surface area contributed by atoms with E-state index in [1.54, 1.807) is 19.2 Å². The van der Waals surface area contributed by atoms with Gasteiger partial charge in [-0.15, -0.1) is 0 Å². The Bertz CT molecular complexity index is 574. The summed E-state index contributed by atoms with van der Waals surface area (Å²) in [7, 11) is 1.68. The smallest absolute Gasteiger partial charge is 0.225 e. The molecular formula is C16H19N3O2. The summed E-state index contributed by atoms with van der Waals surface area (Å²) in [6.45, 7) is 4.47. The zero-order chi connectivity index (χ0) is 15.8. The second-order valence-corrected chi connectivity index (χ2v) is 4.87. The number of aryl methyl sites for hydroxylation is 2. The number of hydrogen-bond acceptors (Lipinski definition) is 4. The van der Waals surface area contributed by atoms with Crippen LogP contribution >= 0.6 is 0 Å². The number of nitrogens with zero attached hydrogens (tertiary/aromatic N) is 3. The average Bonchev–Trinajstić information content (AvgIpc) is 2.46. The van der Waals surface area contributed by atoms with Crippen LogP contribution in [0, 0.1) is 36.5 Å². The summed E-state index contributed by atoms with van der Waals surface area (Å²) in [5.41, 5.74) is 2.37. The van der Waals surface area contributed by atoms with E-state index in [1.165, 1.54) is 4.90 Å². The van der Waals surface area contributed by atoms with Crippen molar-refractivity contribution in [3.05, 3.63) is 28.8 Å². The lowest BCUT2D eigenvalue weighted by molar-refractivity contribution is -0.130. The van der Waals surface area contributed by atoms with Crippen LogP contribution in [0.2, 0.25) is 0 Å². The van der Waals surface area contributed by atoms with Crippen LogP contribution in [0.15, 0.2) is 12.1 Å². The number of rotatable bonds is 6. The first-order chi connectivity index (χ1) is 9.99. The van der Waals surface area contributed by atoms with E-state index in [9.17, 15) is 4.79 Å². The number of carbonyl (C=O) groups excluding carboxylic acids is 1. The summed E-state index contributed by atoms with van der Waals surface area (Å²) in [6.07, 6.45) is 0.595. The molecule has 1 aromatic carbocycles. The van der Waals surface area contributed by atoms with Gasteiger partial charge in [0.1, 0.15) is 5.75 Å². The zero-order valence-corrected chi connectivity index (χ0v) is 12.6. The van der Waals surface area contributed by atoms with Gasteiger partial charge in [0, 0.05) is 13.6 Å². The number of ether oxygens (including phenoxy) is 1.